The summed E-state index contributed by atoms with van der Waals surface area (Å²) in [5, 5.41) is 0. The van der Waals surface area contributed by atoms with Gasteiger partial charge in [-0.3, -0.25) is 9.59 Å². The number of ketones is 2. The normalized spacial score (nSPS) is 19.2. The number of Topliss-reactive ketones (excluding diaryl/α,β-unsaturated/α-hetero) is 2. The predicted octanol–water partition coefficient (Wildman–Crippen LogP) is 9.10. The van der Waals surface area contributed by atoms with E-state index in [2.05, 4.69) is 72.8 Å². The van der Waals surface area contributed by atoms with Crippen LogP contribution in [0.2, 0.25) is 0 Å². The number of hydrogen-bond donors (Lipinski definition) is 0. The Bertz CT molecular complexity index is 1690. The minimum Gasteiger partial charge on any atom is -0.493 e. The number of methoxy groups -OCH3 is 1. The van der Waals surface area contributed by atoms with Gasteiger partial charge in [-0.2, -0.15) is 0 Å². The number of ether oxygens (including phenoxy) is 2. The Kier molecular flexibility index (Phi) is 8.75. The van der Waals surface area contributed by atoms with Crippen molar-refractivity contribution < 1.29 is 23.5 Å². The third kappa shape index (κ3) is 6.44. The van der Waals surface area contributed by atoms with Gasteiger partial charge in [0.1, 0.15) is 12.4 Å². The van der Waals surface area contributed by atoms with Gasteiger partial charge in [-0.15, -0.1) is 0 Å². The molecule has 1 heterocycles. The van der Waals surface area contributed by atoms with Crippen molar-refractivity contribution in [2.75, 3.05) is 13.7 Å². The fourth-order valence-corrected chi connectivity index (χ4v) is 7.89. The van der Waals surface area contributed by atoms with E-state index in [0.29, 0.717) is 35.4 Å². The van der Waals surface area contributed by atoms with E-state index in [9.17, 15) is 14.0 Å². The average molecular weight is 687 g/mol. The Labute approximate surface area is 279 Å². The van der Waals surface area contributed by atoms with E-state index in [4.69, 9.17) is 9.47 Å². The van der Waals surface area contributed by atoms with Crippen LogP contribution in [0.4, 0.5) is 4.39 Å². The largest absolute Gasteiger partial charge is 0.493 e. The summed E-state index contributed by atoms with van der Waals surface area (Å²) in [5.74, 6) is 0.387. The van der Waals surface area contributed by atoms with Crippen LogP contribution in [0.25, 0.3) is 0 Å². The SMILES string of the molecule is COc1cc(C2C3=C(CC(C)(C)CC3=O)N(CCc3ccccc3)C3=C2C(=O)CC(C)(C)C3)cc(Br)c1OCc1ccc(F)cc1. The Morgan fingerprint density at radius 3 is 1.98 bits per heavy atom. The molecule has 1 aliphatic heterocycles. The van der Waals surface area contributed by atoms with Crippen molar-refractivity contribution >= 4 is 27.5 Å². The Morgan fingerprint density at radius 1 is 0.826 bits per heavy atom. The van der Waals surface area contributed by atoms with Crippen molar-refractivity contribution in [1.82, 2.24) is 4.90 Å². The average Bonchev–Trinajstić information content (AvgIpc) is 2.99. The molecule has 3 aromatic rings. The maximum Gasteiger partial charge on any atom is 0.175 e. The quantitative estimate of drug-likeness (QED) is 0.237. The lowest BCUT2D eigenvalue weighted by Gasteiger charge is -2.49. The number of rotatable bonds is 8. The smallest absolute Gasteiger partial charge is 0.175 e. The van der Waals surface area contributed by atoms with Crippen molar-refractivity contribution in [3.63, 3.8) is 0 Å². The maximum absolute atomic E-state index is 14.2. The highest BCUT2D eigenvalue weighted by atomic mass is 79.9. The van der Waals surface area contributed by atoms with Crippen molar-refractivity contribution in [1.29, 1.82) is 0 Å². The number of benzene rings is 3. The van der Waals surface area contributed by atoms with Crippen LogP contribution >= 0.6 is 15.9 Å². The lowest BCUT2D eigenvalue weighted by Crippen LogP contribution is -2.45. The molecular formula is C39H41BrFNO4. The summed E-state index contributed by atoms with van der Waals surface area (Å²) < 4.78 is 26.1. The van der Waals surface area contributed by atoms with Crippen LogP contribution in [-0.2, 0) is 22.6 Å². The minimum atomic E-state index is -0.499. The second-order valence-corrected chi connectivity index (χ2v) is 15.2. The standard InChI is InChI=1S/C39H41BrFNO4/c1-38(2)19-29-35(31(43)21-38)34(26-17-28(40)37(33(18-26)45-5)46-23-25-11-13-27(41)14-12-25)36-30(20-39(3,4)22-32(36)44)42(29)16-15-24-9-7-6-8-10-24/h6-14,17-18,34H,15-16,19-23H2,1-5H3. The first kappa shape index (κ1) is 32.2. The molecule has 7 heteroatoms. The van der Waals surface area contributed by atoms with Gasteiger partial charge in [0.2, 0.25) is 0 Å². The van der Waals surface area contributed by atoms with Gasteiger partial charge in [0, 0.05) is 47.8 Å². The third-order valence-electron chi connectivity index (χ3n) is 9.37. The molecule has 0 bridgehead atoms. The summed E-state index contributed by atoms with van der Waals surface area (Å²) in [5.41, 5.74) is 6.00. The van der Waals surface area contributed by atoms with Gasteiger partial charge in [0.15, 0.2) is 23.1 Å². The second kappa shape index (κ2) is 12.5. The molecule has 5 nitrogen and oxygen atoms in total. The van der Waals surface area contributed by atoms with Gasteiger partial charge in [0.05, 0.1) is 11.6 Å². The van der Waals surface area contributed by atoms with E-state index < -0.39 is 5.92 Å². The molecule has 240 valence electrons. The number of hydrogen-bond acceptors (Lipinski definition) is 5. The summed E-state index contributed by atoms with van der Waals surface area (Å²) in [4.78, 5) is 30.8. The van der Waals surface area contributed by atoms with E-state index in [1.807, 2.05) is 18.2 Å². The molecule has 0 aromatic heterocycles. The first-order chi connectivity index (χ1) is 21.9. The summed E-state index contributed by atoms with van der Waals surface area (Å²) >= 11 is 3.72. The van der Waals surface area contributed by atoms with Crippen LogP contribution in [0.1, 0.15) is 76.0 Å². The van der Waals surface area contributed by atoms with Gasteiger partial charge < -0.3 is 14.4 Å². The number of carbonyl (C=O) groups excluding carboxylic acids is 2. The highest BCUT2D eigenvalue weighted by Crippen LogP contribution is 2.55. The van der Waals surface area contributed by atoms with E-state index >= 15 is 0 Å². The molecule has 0 saturated carbocycles. The molecule has 0 atom stereocenters. The Balaban J connectivity index is 1.47. The zero-order valence-electron chi connectivity index (χ0n) is 27.2. The molecule has 0 saturated heterocycles. The third-order valence-corrected chi connectivity index (χ3v) is 9.96. The first-order valence-corrected chi connectivity index (χ1v) is 16.7. The molecule has 6 rings (SSSR count). The van der Waals surface area contributed by atoms with Crippen molar-refractivity contribution in [2.24, 2.45) is 10.8 Å². The predicted molar refractivity (Wildman–Crippen MR) is 181 cm³/mol. The molecule has 0 N–H and O–H groups in total. The number of nitrogens with zero attached hydrogens (tertiary/aromatic N) is 1. The topological polar surface area (TPSA) is 55.8 Å². The zero-order chi connectivity index (χ0) is 32.8. The lowest BCUT2D eigenvalue weighted by molar-refractivity contribution is -0.119. The van der Waals surface area contributed by atoms with Crippen molar-refractivity contribution in [3.05, 3.63) is 116 Å². The van der Waals surface area contributed by atoms with Gasteiger partial charge in [0.25, 0.3) is 0 Å². The molecule has 0 fully saturated rings. The van der Waals surface area contributed by atoms with Crippen LogP contribution in [0.15, 0.2) is 93.7 Å². The van der Waals surface area contributed by atoms with E-state index in [0.717, 1.165) is 52.9 Å². The van der Waals surface area contributed by atoms with Crippen LogP contribution < -0.4 is 9.47 Å². The molecule has 0 radical (unpaired) electrons. The molecule has 0 spiro atoms. The molecule has 3 aliphatic rings. The van der Waals surface area contributed by atoms with E-state index in [-0.39, 0.29) is 34.8 Å². The summed E-state index contributed by atoms with van der Waals surface area (Å²) in [6.07, 6.45) is 3.16. The zero-order valence-corrected chi connectivity index (χ0v) is 28.8. The number of allylic oxidation sites excluding steroid dienone is 4. The lowest BCUT2D eigenvalue weighted by atomic mass is 9.63. The fourth-order valence-electron chi connectivity index (χ4n) is 7.32. The molecule has 0 unspecified atom stereocenters. The fraction of sp³-hybridized carbons (Fsp3) is 0.385. The second-order valence-electron chi connectivity index (χ2n) is 14.4. The van der Waals surface area contributed by atoms with Crippen molar-refractivity contribution in [3.8, 4) is 11.5 Å². The molecular weight excluding hydrogens is 645 g/mol. The highest BCUT2D eigenvalue weighted by Gasteiger charge is 2.49. The molecule has 0 amide bonds. The highest BCUT2D eigenvalue weighted by molar-refractivity contribution is 9.10. The van der Waals surface area contributed by atoms with Gasteiger partial charge in [-0.1, -0.05) is 70.2 Å². The van der Waals surface area contributed by atoms with Gasteiger partial charge in [-0.25, -0.2) is 4.39 Å². The van der Waals surface area contributed by atoms with Crippen LogP contribution in [0.3, 0.4) is 0 Å². The van der Waals surface area contributed by atoms with Crippen LogP contribution in [0.5, 0.6) is 11.5 Å². The first-order valence-electron chi connectivity index (χ1n) is 15.9. The minimum absolute atomic E-state index is 0.0943. The van der Waals surface area contributed by atoms with Crippen LogP contribution in [0, 0.1) is 16.6 Å². The summed E-state index contributed by atoms with van der Waals surface area (Å²) in [6, 6.07) is 20.4. The van der Waals surface area contributed by atoms with Crippen molar-refractivity contribution in [2.45, 2.75) is 72.3 Å². The van der Waals surface area contributed by atoms with Crippen LogP contribution in [-0.4, -0.2) is 30.1 Å². The Hall–Kier alpha value is -3.71. The van der Waals surface area contributed by atoms with Gasteiger partial charge >= 0.3 is 0 Å². The van der Waals surface area contributed by atoms with Gasteiger partial charge in [-0.05, 0) is 87.0 Å². The summed E-state index contributed by atoms with van der Waals surface area (Å²) in [7, 11) is 1.58. The Morgan fingerprint density at radius 2 is 1.41 bits per heavy atom. The number of halogens is 2. The summed E-state index contributed by atoms with van der Waals surface area (Å²) in [6.45, 7) is 9.56. The molecule has 46 heavy (non-hydrogen) atoms. The number of carbonyl (C=O) groups is 2. The molecule has 2 aliphatic carbocycles. The molecule has 3 aromatic carbocycles. The maximum atomic E-state index is 14.2. The monoisotopic (exact) mass is 685 g/mol. The van der Waals surface area contributed by atoms with E-state index in [1.54, 1.807) is 19.2 Å². The van der Waals surface area contributed by atoms with E-state index in [1.165, 1.54) is 17.7 Å².